The quantitative estimate of drug-likeness (QED) is 0.658. The zero-order chi connectivity index (χ0) is 26.2. The number of methoxy groups -OCH3 is 1. The van der Waals surface area contributed by atoms with Crippen LogP contribution in [0.4, 0.5) is 0 Å². The minimum Gasteiger partial charge on any atom is -0.497 e. The maximum atomic E-state index is 13.5. The van der Waals surface area contributed by atoms with Crippen molar-refractivity contribution in [2.24, 2.45) is 0 Å². The number of ether oxygens (including phenoxy) is 2. The lowest BCUT2D eigenvalue weighted by Gasteiger charge is -2.28. The Bertz CT molecular complexity index is 1090. The van der Waals surface area contributed by atoms with Crippen LogP contribution in [0.5, 0.6) is 11.5 Å². The molecule has 1 aliphatic rings. The summed E-state index contributed by atoms with van der Waals surface area (Å²) in [5.74, 6) is 0.470. The highest BCUT2D eigenvalue weighted by atomic mass is 16.5. The summed E-state index contributed by atoms with van der Waals surface area (Å²) in [5.41, 5.74) is 1.97. The van der Waals surface area contributed by atoms with E-state index in [4.69, 9.17) is 9.47 Å². The largest absolute Gasteiger partial charge is 0.497 e. The average Bonchev–Trinajstić information content (AvgIpc) is 2.86. The molecule has 2 bridgehead atoms. The highest BCUT2D eigenvalue weighted by Gasteiger charge is 2.29. The summed E-state index contributed by atoms with van der Waals surface area (Å²) in [6, 6.07) is 11.6. The topological polar surface area (TPSA) is 100 Å². The van der Waals surface area contributed by atoms with Gasteiger partial charge in [-0.3, -0.25) is 14.4 Å². The molecule has 0 saturated carbocycles. The van der Waals surface area contributed by atoms with E-state index in [-0.39, 0.29) is 43.2 Å². The Morgan fingerprint density at radius 1 is 1.19 bits per heavy atom. The van der Waals surface area contributed by atoms with Crippen LogP contribution in [0.15, 0.2) is 42.5 Å². The summed E-state index contributed by atoms with van der Waals surface area (Å²) in [6.45, 7) is 3.23. The molecule has 3 rings (SSSR count). The van der Waals surface area contributed by atoms with Crippen molar-refractivity contribution in [1.29, 1.82) is 0 Å². The number of carbonyl (C=O) groups excluding carboxylic acids is 3. The molecule has 0 spiro atoms. The molecule has 3 amide bonds. The van der Waals surface area contributed by atoms with E-state index in [0.717, 1.165) is 11.1 Å². The second kappa shape index (κ2) is 12.4. The van der Waals surface area contributed by atoms with Crippen molar-refractivity contribution in [3.63, 3.8) is 0 Å². The van der Waals surface area contributed by atoms with Crippen LogP contribution in [-0.2, 0) is 9.59 Å². The van der Waals surface area contributed by atoms with E-state index in [1.54, 1.807) is 38.4 Å². The number of carbonyl (C=O) groups is 3. The van der Waals surface area contributed by atoms with Crippen molar-refractivity contribution in [2.75, 3.05) is 47.9 Å². The Morgan fingerprint density at radius 2 is 1.94 bits per heavy atom. The van der Waals surface area contributed by atoms with Gasteiger partial charge in [-0.25, -0.2) is 0 Å². The fourth-order valence-corrected chi connectivity index (χ4v) is 4.04. The van der Waals surface area contributed by atoms with Crippen molar-refractivity contribution in [3.8, 4) is 22.6 Å². The van der Waals surface area contributed by atoms with Gasteiger partial charge in [0.2, 0.25) is 11.8 Å². The van der Waals surface area contributed by atoms with Crippen LogP contribution >= 0.6 is 0 Å². The molecular formula is C27H36N4O5. The fraction of sp³-hybridized carbons (Fsp3) is 0.444. The smallest absolute Gasteiger partial charge is 0.254 e. The minimum absolute atomic E-state index is 0.0988. The van der Waals surface area contributed by atoms with Gasteiger partial charge in [0.25, 0.3) is 5.91 Å². The van der Waals surface area contributed by atoms with Crippen LogP contribution < -0.4 is 20.1 Å². The molecule has 1 heterocycles. The predicted octanol–water partition coefficient (Wildman–Crippen LogP) is 2.16. The molecule has 2 unspecified atom stereocenters. The molecule has 1 aliphatic heterocycles. The molecule has 0 radical (unpaired) electrons. The van der Waals surface area contributed by atoms with Crippen LogP contribution in [0.1, 0.15) is 30.1 Å². The zero-order valence-corrected chi connectivity index (χ0v) is 21.7. The molecule has 2 aromatic rings. The minimum atomic E-state index is -0.793. The van der Waals surface area contributed by atoms with Gasteiger partial charge in [-0.1, -0.05) is 12.1 Å². The van der Waals surface area contributed by atoms with E-state index in [2.05, 4.69) is 10.6 Å². The summed E-state index contributed by atoms with van der Waals surface area (Å²) >= 11 is 0. The average molecular weight is 497 g/mol. The third-order valence-corrected chi connectivity index (χ3v) is 6.10. The number of likely N-dealkylation sites (N-methyl/N-ethyl adjacent to an activating group) is 2. The Morgan fingerprint density at radius 3 is 2.67 bits per heavy atom. The molecule has 0 aliphatic carbocycles. The lowest BCUT2D eigenvalue weighted by atomic mass is 10.0. The van der Waals surface area contributed by atoms with Gasteiger partial charge in [0.1, 0.15) is 24.1 Å². The van der Waals surface area contributed by atoms with Crippen molar-refractivity contribution in [3.05, 3.63) is 48.0 Å². The number of rotatable bonds is 5. The molecule has 0 fully saturated rings. The zero-order valence-electron chi connectivity index (χ0n) is 21.7. The molecule has 0 saturated heterocycles. The van der Waals surface area contributed by atoms with Crippen molar-refractivity contribution in [1.82, 2.24) is 20.4 Å². The number of hydrogen-bond acceptors (Lipinski definition) is 6. The lowest BCUT2D eigenvalue weighted by Crippen LogP contribution is -2.49. The molecule has 0 aromatic heterocycles. The summed E-state index contributed by atoms with van der Waals surface area (Å²) < 4.78 is 11.5. The van der Waals surface area contributed by atoms with Gasteiger partial charge in [-0.05, 0) is 63.3 Å². The third-order valence-electron chi connectivity index (χ3n) is 6.10. The van der Waals surface area contributed by atoms with Crippen LogP contribution in [-0.4, -0.2) is 87.6 Å². The molecule has 2 aromatic carbocycles. The Labute approximate surface area is 212 Å². The van der Waals surface area contributed by atoms with E-state index in [0.29, 0.717) is 30.2 Å². The van der Waals surface area contributed by atoms with Gasteiger partial charge < -0.3 is 29.9 Å². The van der Waals surface area contributed by atoms with Crippen LogP contribution in [0.3, 0.4) is 0 Å². The second-order valence-electron chi connectivity index (χ2n) is 9.29. The number of benzene rings is 2. The number of hydrogen-bond donors (Lipinski definition) is 2. The highest BCUT2D eigenvalue weighted by molar-refractivity contribution is 5.98. The summed E-state index contributed by atoms with van der Waals surface area (Å²) in [4.78, 5) is 42.6. The van der Waals surface area contributed by atoms with Crippen molar-refractivity contribution >= 4 is 17.7 Å². The molecule has 194 valence electrons. The first-order valence-corrected chi connectivity index (χ1v) is 12.1. The first kappa shape index (κ1) is 27.0. The van der Waals surface area contributed by atoms with Gasteiger partial charge in [0, 0.05) is 37.7 Å². The summed E-state index contributed by atoms with van der Waals surface area (Å²) in [5, 5.41) is 5.82. The molecular weight excluding hydrogens is 460 g/mol. The monoisotopic (exact) mass is 496 g/mol. The summed E-state index contributed by atoms with van der Waals surface area (Å²) in [6.07, 6.45) is 0.300. The van der Waals surface area contributed by atoms with E-state index < -0.39 is 6.04 Å². The van der Waals surface area contributed by atoms with Crippen molar-refractivity contribution < 1.29 is 23.9 Å². The SMILES string of the molecule is COc1ccc2c(c1)-c1cccc(c1)C(=O)N(C)C(C(=O)NCCN(C)C)CCC(=O)NC(C)CO2. The molecule has 2 atom stereocenters. The molecule has 9 heteroatoms. The van der Waals surface area contributed by atoms with Gasteiger partial charge in [0.15, 0.2) is 0 Å². The Balaban J connectivity index is 1.99. The first-order valence-electron chi connectivity index (χ1n) is 12.1. The van der Waals surface area contributed by atoms with Crippen LogP contribution in [0, 0.1) is 0 Å². The highest BCUT2D eigenvalue weighted by Crippen LogP contribution is 2.34. The standard InChI is InChI=1S/C27H36N4O5/c1-18-17-36-24-11-9-21(35-5)16-22(24)19-7-6-8-20(15-19)27(34)31(4)23(10-12-25(32)29-18)26(33)28-13-14-30(2)3/h6-9,11,15-16,18,23H,10,12-14,17H2,1-5H3,(H,28,33)(H,29,32). The lowest BCUT2D eigenvalue weighted by molar-refractivity contribution is -0.126. The third kappa shape index (κ3) is 6.97. The van der Waals surface area contributed by atoms with Gasteiger partial charge in [-0.15, -0.1) is 0 Å². The van der Waals surface area contributed by atoms with E-state index >= 15 is 0 Å². The van der Waals surface area contributed by atoms with E-state index in [9.17, 15) is 14.4 Å². The number of amides is 3. The fourth-order valence-electron chi connectivity index (χ4n) is 4.04. The Kier molecular flexibility index (Phi) is 9.30. The maximum absolute atomic E-state index is 13.5. The Hall–Kier alpha value is -3.59. The summed E-state index contributed by atoms with van der Waals surface area (Å²) in [7, 11) is 7.03. The molecule has 36 heavy (non-hydrogen) atoms. The number of fused-ring (bicyclic) bond motifs is 4. The van der Waals surface area contributed by atoms with E-state index in [1.165, 1.54) is 4.90 Å². The van der Waals surface area contributed by atoms with Crippen LogP contribution in [0.25, 0.3) is 11.1 Å². The van der Waals surface area contributed by atoms with Gasteiger partial charge in [0.05, 0.1) is 13.2 Å². The normalized spacial score (nSPS) is 18.9. The second-order valence-corrected chi connectivity index (χ2v) is 9.29. The number of nitrogens with one attached hydrogen (secondary N) is 2. The van der Waals surface area contributed by atoms with Crippen molar-refractivity contribution in [2.45, 2.75) is 31.8 Å². The molecule has 9 nitrogen and oxygen atoms in total. The van der Waals surface area contributed by atoms with Gasteiger partial charge >= 0.3 is 0 Å². The van der Waals surface area contributed by atoms with E-state index in [1.807, 2.05) is 44.1 Å². The van der Waals surface area contributed by atoms with Crippen LogP contribution in [0.2, 0.25) is 0 Å². The molecule has 2 N–H and O–H groups in total. The number of nitrogens with zero attached hydrogens (tertiary/aromatic N) is 2. The predicted molar refractivity (Wildman–Crippen MR) is 138 cm³/mol. The first-order chi connectivity index (χ1) is 17.2. The van der Waals surface area contributed by atoms with Gasteiger partial charge in [-0.2, -0.15) is 0 Å². The maximum Gasteiger partial charge on any atom is 0.254 e.